The van der Waals surface area contributed by atoms with Gasteiger partial charge in [-0.05, 0) is 88.6 Å². The molecule has 1 aromatic heterocycles. The van der Waals surface area contributed by atoms with Crippen LogP contribution in [0.15, 0.2) is 79.5 Å². The van der Waals surface area contributed by atoms with Gasteiger partial charge >= 0.3 is 0 Å². The van der Waals surface area contributed by atoms with E-state index in [1.165, 1.54) is 28.9 Å². The molecule has 0 aliphatic rings. The van der Waals surface area contributed by atoms with Crippen molar-refractivity contribution in [1.29, 1.82) is 0 Å². The standard InChI is InChI=1S/C27H23Br2FN4O3/c1-3-16(2)26-33-23-10-5-18(28)13-21(23)27(36)34(26)31-14-17-4-11-24(22(29)12-17)37-15-25(35)32-20-8-6-19(30)7-9-20/h4-14,16H,3,15H2,1-2H3,(H,32,35)/t16-/m1/s1. The topological polar surface area (TPSA) is 85.6 Å². The molecular formula is C27H23Br2FN4O3. The molecule has 0 fully saturated rings. The van der Waals surface area contributed by atoms with Gasteiger partial charge in [-0.2, -0.15) is 9.78 Å². The number of hydrogen-bond donors (Lipinski definition) is 1. The predicted molar refractivity (Wildman–Crippen MR) is 150 cm³/mol. The Bertz CT molecular complexity index is 1540. The third-order valence-corrected chi connectivity index (χ3v) is 6.76. The van der Waals surface area contributed by atoms with Crippen LogP contribution in [0.1, 0.15) is 37.6 Å². The van der Waals surface area contributed by atoms with Gasteiger partial charge in [0.05, 0.1) is 21.6 Å². The smallest absolute Gasteiger partial charge is 0.282 e. The van der Waals surface area contributed by atoms with Gasteiger partial charge in [0.1, 0.15) is 17.4 Å². The molecule has 0 spiro atoms. The number of hydrogen-bond acceptors (Lipinski definition) is 5. The summed E-state index contributed by atoms with van der Waals surface area (Å²) in [5.74, 6) is 0.316. The van der Waals surface area contributed by atoms with E-state index in [0.717, 1.165) is 10.9 Å². The molecule has 0 saturated heterocycles. The van der Waals surface area contributed by atoms with Crippen LogP contribution < -0.4 is 15.6 Å². The highest BCUT2D eigenvalue weighted by Crippen LogP contribution is 2.26. The third-order valence-electron chi connectivity index (χ3n) is 5.65. The van der Waals surface area contributed by atoms with E-state index in [0.29, 0.717) is 38.2 Å². The summed E-state index contributed by atoms with van der Waals surface area (Å²) in [6.45, 7) is 3.81. The molecule has 0 bridgehead atoms. The van der Waals surface area contributed by atoms with Crippen LogP contribution in [0.5, 0.6) is 5.75 Å². The van der Waals surface area contributed by atoms with Crippen LogP contribution in [0.4, 0.5) is 10.1 Å². The van der Waals surface area contributed by atoms with Gasteiger partial charge in [-0.3, -0.25) is 9.59 Å². The third kappa shape index (κ3) is 6.50. The average Bonchev–Trinajstić information content (AvgIpc) is 2.88. The molecule has 37 heavy (non-hydrogen) atoms. The summed E-state index contributed by atoms with van der Waals surface area (Å²) in [5, 5.41) is 7.59. The van der Waals surface area contributed by atoms with Crippen molar-refractivity contribution in [1.82, 2.24) is 9.66 Å². The van der Waals surface area contributed by atoms with Crippen LogP contribution in [-0.4, -0.2) is 28.4 Å². The zero-order chi connectivity index (χ0) is 26.5. The number of nitrogens with one attached hydrogen (secondary N) is 1. The maximum atomic E-state index is 13.3. The number of benzene rings is 3. The number of halogens is 3. The minimum atomic E-state index is -0.382. The highest BCUT2D eigenvalue weighted by Gasteiger charge is 2.16. The lowest BCUT2D eigenvalue weighted by atomic mass is 10.1. The van der Waals surface area contributed by atoms with E-state index in [4.69, 9.17) is 9.72 Å². The van der Waals surface area contributed by atoms with E-state index in [9.17, 15) is 14.0 Å². The molecule has 190 valence electrons. The number of aromatic nitrogens is 2. The maximum Gasteiger partial charge on any atom is 0.282 e. The fourth-order valence-corrected chi connectivity index (χ4v) is 4.36. The zero-order valence-electron chi connectivity index (χ0n) is 20.0. The number of carbonyl (C=O) groups excluding carboxylic acids is 1. The molecule has 1 N–H and O–H groups in total. The summed E-state index contributed by atoms with van der Waals surface area (Å²) >= 11 is 6.87. The number of fused-ring (bicyclic) bond motifs is 1. The van der Waals surface area contributed by atoms with Crippen LogP contribution in [0.25, 0.3) is 10.9 Å². The van der Waals surface area contributed by atoms with Crippen molar-refractivity contribution >= 4 is 60.6 Å². The Morgan fingerprint density at radius 3 is 2.62 bits per heavy atom. The molecule has 4 rings (SSSR count). The molecule has 1 heterocycles. The molecular weight excluding hydrogens is 607 g/mol. The van der Waals surface area contributed by atoms with Crippen LogP contribution in [0.3, 0.4) is 0 Å². The van der Waals surface area contributed by atoms with E-state index in [2.05, 4.69) is 42.3 Å². The molecule has 0 aliphatic heterocycles. The fourth-order valence-electron chi connectivity index (χ4n) is 3.49. The lowest BCUT2D eigenvalue weighted by Crippen LogP contribution is -2.23. The van der Waals surface area contributed by atoms with Gasteiger partial charge < -0.3 is 10.1 Å². The Labute approximate surface area is 229 Å². The minimum Gasteiger partial charge on any atom is -0.483 e. The first kappa shape index (κ1) is 26.7. The number of ether oxygens (including phenoxy) is 1. The lowest BCUT2D eigenvalue weighted by Gasteiger charge is -2.14. The summed E-state index contributed by atoms with van der Waals surface area (Å²) in [5.41, 5.74) is 1.57. The van der Waals surface area contributed by atoms with Gasteiger partial charge in [-0.15, -0.1) is 0 Å². The van der Waals surface area contributed by atoms with Crippen molar-refractivity contribution in [3.05, 3.63) is 97.2 Å². The van der Waals surface area contributed by atoms with Crippen LogP contribution in [-0.2, 0) is 4.79 Å². The first-order valence-electron chi connectivity index (χ1n) is 11.5. The van der Waals surface area contributed by atoms with Crippen molar-refractivity contribution in [3.63, 3.8) is 0 Å². The van der Waals surface area contributed by atoms with Crippen molar-refractivity contribution < 1.29 is 13.9 Å². The van der Waals surface area contributed by atoms with Crippen LogP contribution in [0.2, 0.25) is 0 Å². The Hall–Kier alpha value is -3.37. The second kappa shape index (κ2) is 11.8. The maximum absolute atomic E-state index is 13.3. The number of nitrogens with zero attached hydrogens (tertiary/aromatic N) is 3. The van der Waals surface area contributed by atoms with Crippen LogP contribution in [0, 0.1) is 5.82 Å². The molecule has 1 atom stereocenters. The molecule has 0 radical (unpaired) electrons. The summed E-state index contributed by atoms with van der Waals surface area (Å²) in [7, 11) is 0. The summed E-state index contributed by atoms with van der Waals surface area (Å²) < 4.78 is 21.4. The van der Waals surface area contributed by atoms with Crippen molar-refractivity contribution in [2.24, 2.45) is 5.10 Å². The number of carbonyl (C=O) groups is 1. The molecule has 0 saturated carbocycles. The monoisotopic (exact) mass is 628 g/mol. The molecule has 10 heteroatoms. The highest BCUT2D eigenvalue weighted by atomic mass is 79.9. The van der Waals surface area contributed by atoms with Crippen molar-refractivity contribution in [2.75, 3.05) is 11.9 Å². The molecule has 3 aromatic carbocycles. The van der Waals surface area contributed by atoms with Gasteiger partial charge in [0.15, 0.2) is 6.61 Å². The summed E-state index contributed by atoms with van der Waals surface area (Å²) in [6.07, 6.45) is 2.38. The Morgan fingerprint density at radius 1 is 1.16 bits per heavy atom. The minimum absolute atomic E-state index is 0.0291. The number of amides is 1. The zero-order valence-corrected chi connectivity index (χ0v) is 23.2. The van der Waals surface area contributed by atoms with E-state index < -0.39 is 0 Å². The highest BCUT2D eigenvalue weighted by molar-refractivity contribution is 9.10. The second-order valence-electron chi connectivity index (χ2n) is 8.34. The van der Waals surface area contributed by atoms with Gasteiger partial charge in [-0.1, -0.05) is 29.8 Å². The first-order chi connectivity index (χ1) is 17.7. The molecule has 1 amide bonds. The Kier molecular flexibility index (Phi) is 8.50. The van der Waals surface area contributed by atoms with Crippen molar-refractivity contribution in [3.8, 4) is 5.75 Å². The van der Waals surface area contributed by atoms with Crippen LogP contribution >= 0.6 is 31.9 Å². The van der Waals surface area contributed by atoms with Gasteiger partial charge in [0.25, 0.3) is 11.5 Å². The Balaban J connectivity index is 1.52. The summed E-state index contributed by atoms with van der Waals surface area (Å²) in [4.78, 5) is 30.1. The normalized spacial score (nSPS) is 12.1. The Morgan fingerprint density at radius 2 is 1.92 bits per heavy atom. The second-order valence-corrected chi connectivity index (χ2v) is 10.1. The quantitative estimate of drug-likeness (QED) is 0.226. The van der Waals surface area contributed by atoms with Crippen molar-refractivity contribution in [2.45, 2.75) is 26.2 Å². The molecule has 0 unspecified atom stereocenters. The fraction of sp³-hybridized carbons (Fsp3) is 0.185. The van der Waals surface area contributed by atoms with Gasteiger partial charge in [-0.25, -0.2) is 9.37 Å². The summed E-state index contributed by atoms with van der Waals surface area (Å²) in [6, 6.07) is 16.1. The SMILES string of the molecule is CC[C@@H](C)c1nc2ccc(Br)cc2c(=O)n1N=Cc1ccc(OCC(=O)Nc2ccc(F)cc2)c(Br)c1. The molecule has 0 aliphatic carbocycles. The molecule has 4 aromatic rings. The molecule has 7 nitrogen and oxygen atoms in total. The predicted octanol–water partition coefficient (Wildman–Crippen LogP) is 6.47. The first-order valence-corrected chi connectivity index (χ1v) is 13.1. The van der Waals surface area contributed by atoms with Gasteiger partial charge in [0.2, 0.25) is 0 Å². The average molecular weight is 630 g/mol. The van der Waals surface area contributed by atoms with E-state index in [-0.39, 0.29) is 29.8 Å². The van der Waals surface area contributed by atoms with Gasteiger partial charge in [0, 0.05) is 16.1 Å². The van der Waals surface area contributed by atoms with E-state index >= 15 is 0 Å². The largest absolute Gasteiger partial charge is 0.483 e. The lowest BCUT2D eigenvalue weighted by molar-refractivity contribution is -0.118. The van der Waals surface area contributed by atoms with E-state index in [1.807, 2.05) is 26.0 Å². The number of anilines is 1. The van der Waals surface area contributed by atoms with E-state index in [1.54, 1.807) is 30.5 Å². The number of rotatable bonds is 8.